The lowest BCUT2D eigenvalue weighted by Gasteiger charge is -2.12. The summed E-state index contributed by atoms with van der Waals surface area (Å²) in [5.74, 6) is -0.953. The van der Waals surface area contributed by atoms with Crippen LogP contribution in [0.25, 0.3) is 11.4 Å². The Morgan fingerprint density at radius 1 is 1.38 bits per heavy atom. The molecule has 0 N–H and O–H groups in total. The zero-order valence-electron chi connectivity index (χ0n) is 14.7. The van der Waals surface area contributed by atoms with Gasteiger partial charge in [0.1, 0.15) is 0 Å². The second kappa shape index (κ2) is 6.99. The Labute approximate surface area is 153 Å². The minimum absolute atomic E-state index is 0.158. The average molecular weight is 374 g/mol. The molecular weight excluding hydrogens is 352 g/mol. The number of rotatable bonds is 7. The maximum Gasteiger partial charge on any atom is 0.314 e. The molecule has 3 rings (SSSR count). The molecule has 3 heterocycles. The number of hydrogen-bond donors (Lipinski definition) is 0. The molecule has 0 aromatic carbocycles. The van der Waals surface area contributed by atoms with E-state index in [1.807, 2.05) is 27.5 Å². The minimum Gasteiger partial charge on any atom is -0.469 e. The summed E-state index contributed by atoms with van der Waals surface area (Å²) in [6, 6.07) is 5.37. The molecule has 0 saturated carbocycles. The smallest absolute Gasteiger partial charge is 0.314 e. The number of carbonyl (C=O) groups is 1. The van der Waals surface area contributed by atoms with Crippen LogP contribution in [0.2, 0.25) is 0 Å². The van der Waals surface area contributed by atoms with Crippen molar-refractivity contribution in [2.24, 2.45) is 0 Å². The number of nitrogens with zero attached hydrogens (tertiary/aromatic N) is 2. The van der Waals surface area contributed by atoms with Crippen LogP contribution in [0.1, 0.15) is 18.0 Å². The lowest BCUT2D eigenvalue weighted by molar-refractivity contribution is -0.142. The molecule has 0 radical (unpaired) electrons. The van der Waals surface area contributed by atoms with Gasteiger partial charge in [-0.05, 0) is 24.6 Å². The normalized spacial score (nSPS) is 16.3. The van der Waals surface area contributed by atoms with Crippen molar-refractivity contribution < 1.29 is 17.9 Å². The number of esters is 1. The predicted molar refractivity (Wildman–Crippen MR) is 99.7 cm³/mol. The lowest BCUT2D eigenvalue weighted by atomic mass is 10.1. The molecule has 0 aliphatic carbocycles. The quantitative estimate of drug-likeness (QED) is 0.552. The van der Waals surface area contributed by atoms with Gasteiger partial charge in [0.05, 0.1) is 35.1 Å². The second-order valence-corrected chi connectivity index (χ2v) is 8.21. The first-order valence-corrected chi connectivity index (χ1v) is 10.0. The molecule has 26 heavy (non-hydrogen) atoms. The number of allylic oxidation sites excluding steroid dienone is 1. The van der Waals surface area contributed by atoms with Crippen LogP contribution in [-0.4, -0.2) is 36.4 Å². The van der Waals surface area contributed by atoms with Crippen molar-refractivity contribution in [3.05, 3.63) is 55.4 Å². The largest absolute Gasteiger partial charge is 0.469 e. The van der Waals surface area contributed by atoms with Gasteiger partial charge in [0, 0.05) is 25.0 Å². The summed E-state index contributed by atoms with van der Waals surface area (Å²) in [6.07, 6.45) is 5.61. The third-order valence-electron chi connectivity index (χ3n) is 4.65. The Hall–Kier alpha value is -2.54. The molecule has 2 aromatic heterocycles. The summed E-state index contributed by atoms with van der Waals surface area (Å²) in [5.41, 5.74) is 2.07. The number of sulfone groups is 1. The highest BCUT2D eigenvalue weighted by Crippen LogP contribution is 2.40. The highest BCUT2D eigenvalue weighted by Gasteiger charge is 2.36. The van der Waals surface area contributed by atoms with Crippen LogP contribution in [0.5, 0.6) is 0 Å². The zero-order valence-corrected chi connectivity index (χ0v) is 15.5. The Morgan fingerprint density at radius 3 is 2.81 bits per heavy atom. The van der Waals surface area contributed by atoms with E-state index in [2.05, 4.69) is 13.2 Å². The van der Waals surface area contributed by atoms with Crippen molar-refractivity contribution in [2.75, 3.05) is 12.9 Å². The van der Waals surface area contributed by atoms with Crippen LogP contribution >= 0.6 is 0 Å². The van der Waals surface area contributed by atoms with Gasteiger partial charge in [0.2, 0.25) is 0 Å². The lowest BCUT2D eigenvalue weighted by Crippen LogP contribution is -2.11. The van der Waals surface area contributed by atoms with Crippen molar-refractivity contribution in [3.8, 4) is 11.4 Å². The van der Waals surface area contributed by atoms with Crippen LogP contribution < -0.4 is 0 Å². The van der Waals surface area contributed by atoms with Crippen LogP contribution in [0.4, 0.5) is 0 Å². The number of carbonyl (C=O) groups excluding carboxylic acids is 1. The molecule has 0 amide bonds. The monoisotopic (exact) mass is 374 g/mol. The first-order valence-electron chi connectivity index (χ1n) is 8.36. The van der Waals surface area contributed by atoms with Gasteiger partial charge >= 0.3 is 5.97 Å². The molecule has 0 spiro atoms. The van der Waals surface area contributed by atoms with E-state index < -0.39 is 15.8 Å². The second-order valence-electron chi connectivity index (χ2n) is 6.20. The van der Waals surface area contributed by atoms with E-state index in [9.17, 15) is 13.2 Å². The molecule has 0 bridgehead atoms. The Balaban J connectivity index is 2.25. The topological polar surface area (TPSA) is 70.3 Å². The average Bonchev–Trinajstić information content (AvgIpc) is 3.28. The fraction of sp³-hybridized carbons (Fsp3) is 0.316. The van der Waals surface area contributed by atoms with Crippen molar-refractivity contribution >= 4 is 15.8 Å². The Kier molecular flexibility index (Phi) is 4.91. The maximum atomic E-state index is 12.8. The number of hydrogen-bond acceptors (Lipinski definition) is 4. The molecule has 0 fully saturated rings. The van der Waals surface area contributed by atoms with E-state index in [0.717, 1.165) is 5.69 Å². The summed E-state index contributed by atoms with van der Waals surface area (Å²) in [4.78, 5) is 12.3. The van der Waals surface area contributed by atoms with Crippen molar-refractivity contribution in [2.45, 2.75) is 30.3 Å². The van der Waals surface area contributed by atoms with E-state index in [0.29, 0.717) is 30.9 Å². The standard InChI is InChI=1S/C19H22N2O4S/c1-4-9-20-10-6-7-15(20)18-17(26(23,24)12-5-2)13-16-14(19(22)25-3)8-11-21(16)18/h4-7,10,13-14H,1-2,8-9,11-12H2,3H3. The van der Waals surface area contributed by atoms with E-state index in [1.54, 1.807) is 12.1 Å². The Morgan fingerprint density at radius 2 is 2.15 bits per heavy atom. The van der Waals surface area contributed by atoms with Crippen molar-refractivity contribution in [1.82, 2.24) is 9.13 Å². The third kappa shape index (κ3) is 2.92. The van der Waals surface area contributed by atoms with Crippen LogP contribution in [-0.2, 0) is 32.5 Å². The van der Waals surface area contributed by atoms with Crippen molar-refractivity contribution in [3.63, 3.8) is 0 Å². The number of fused-ring (bicyclic) bond motifs is 1. The highest BCUT2D eigenvalue weighted by molar-refractivity contribution is 7.91. The molecule has 7 heteroatoms. The first kappa shape index (κ1) is 18.3. The summed E-state index contributed by atoms with van der Waals surface area (Å²) in [6.45, 7) is 8.43. The van der Waals surface area contributed by atoms with Gasteiger partial charge in [-0.25, -0.2) is 8.42 Å². The molecule has 1 unspecified atom stereocenters. The van der Waals surface area contributed by atoms with Crippen molar-refractivity contribution in [1.29, 1.82) is 0 Å². The SMILES string of the molecule is C=CCn1cccc1-c1c(S(=O)(=O)CC=C)cc2n1CCC2C(=O)OC. The fourth-order valence-electron chi connectivity index (χ4n) is 3.53. The molecule has 1 aliphatic heterocycles. The number of aromatic nitrogens is 2. The molecule has 6 nitrogen and oxygen atoms in total. The molecular formula is C19H22N2O4S. The zero-order chi connectivity index (χ0) is 18.9. The minimum atomic E-state index is -3.56. The van der Waals surface area contributed by atoms with E-state index in [4.69, 9.17) is 4.74 Å². The van der Waals surface area contributed by atoms with Gasteiger partial charge in [0.15, 0.2) is 9.84 Å². The maximum absolute atomic E-state index is 12.8. The molecule has 138 valence electrons. The van der Waals surface area contributed by atoms with Gasteiger partial charge in [0.25, 0.3) is 0 Å². The molecule has 1 aliphatic rings. The Bertz CT molecular complexity index is 966. The fourth-order valence-corrected chi connectivity index (χ4v) is 4.83. The van der Waals surface area contributed by atoms with Gasteiger partial charge in [-0.15, -0.1) is 13.2 Å². The third-order valence-corrected chi connectivity index (χ3v) is 6.30. The van der Waals surface area contributed by atoms with E-state index >= 15 is 0 Å². The summed E-state index contributed by atoms with van der Waals surface area (Å²) in [5, 5.41) is 0. The van der Waals surface area contributed by atoms with Crippen LogP contribution in [0.3, 0.4) is 0 Å². The molecule has 2 aromatic rings. The van der Waals surface area contributed by atoms with Gasteiger partial charge in [-0.1, -0.05) is 12.2 Å². The highest BCUT2D eigenvalue weighted by atomic mass is 32.2. The summed E-state index contributed by atoms with van der Waals surface area (Å²) < 4.78 is 34.4. The van der Waals surface area contributed by atoms with Crippen LogP contribution in [0.15, 0.2) is 54.6 Å². The van der Waals surface area contributed by atoms with E-state index in [-0.39, 0.29) is 16.6 Å². The van der Waals surface area contributed by atoms with Gasteiger partial charge < -0.3 is 13.9 Å². The van der Waals surface area contributed by atoms with Gasteiger partial charge in [-0.3, -0.25) is 4.79 Å². The molecule has 0 saturated heterocycles. The predicted octanol–water partition coefficient (Wildman–Crippen LogP) is 2.76. The van der Waals surface area contributed by atoms with E-state index in [1.165, 1.54) is 13.2 Å². The summed E-state index contributed by atoms with van der Waals surface area (Å²) >= 11 is 0. The first-order chi connectivity index (χ1) is 12.4. The van der Waals surface area contributed by atoms with Gasteiger partial charge in [-0.2, -0.15) is 0 Å². The van der Waals surface area contributed by atoms with Crippen LogP contribution in [0, 0.1) is 0 Å². The molecule has 1 atom stereocenters. The number of ether oxygens (including phenoxy) is 1. The summed E-state index contributed by atoms with van der Waals surface area (Å²) in [7, 11) is -2.22. The number of methoxy groups -OCH3 is 1.